The van der Waals surface area contributed by atoms with Gasteiger partial charge in [-0.05, 0) is 20.8 Å². The van der Waals surface area contributed by atoms with Crippen molar-refractivity contribution in [1.82, 2.24) is 9.80 Å². The molecule has 0 unspecified atom stereocenters. The van der Waals surface area contributed by atoms with Crippen molar-refractivity contribution in [2.75, 3.05) is 40.5 Å². The molecular formula is C11H26IN3O2S. The first-order chi connectivity index (χ1) is 7.49. The molecule has 7 heteroatoms. The van der Waals surface area contributed by atoms with Crippen molar-refractivity contribution in [3.05, 3.63) is 0 Å². The molecule has 110 valence electrons. The maximum Gasteiger partial charge on any atom is 0.195 e. The van der Waals surface area contributed by atoms with E-state index in [1.54, 1.807) is 20.8 Å². The zero-order valence-corrected chi connectivity index (χ0v) is 15.5. The summed E-state index contributed by atoms with van der Waals surface area (Å²) in [5, 5.41) is 0. The van der Waals surface area contributed by atoms with Crippen LogP contribution < -0.4 is 0 Å². The molecule has 0 aliphatic carbocycles. The number of guanidine groups is 1. The van der Waals surface area contributed by atoms with Crippen molar-refractivity contribution in [3.63, 3.8) is 0 Å². The Morgan fingerprint density at radius 2 is 1.44 bits per heavy atom. The molecule has 18 heavy (non-hydrogen) atoms. The van der Waals surface area contributed by atoms with Gasteiger partial charge in [-0.3, -0.25) is 4.99 Å². The molecule has 0 heterocycles. The average Bonchev–Trinajstić information content (AvgIpc) is 2.08. The summed E-state index contributed by atoms with van der Waals surface area (Å²) >= 11 is 0. The summed E-state index contributed by atoms with van der Waals surface area (Å²) in [5.74, 6) is 0.857. The maximum absolute atomic E-state index is 11.9. The number of rotatable bonds is 3. The first-order valence-electron chi connectivity index (χ1n) is 5.60. The first-order valence-corrected chi connectivity index (χ1v) is 7.25. The fourth-order valence-corrected chi connectivity index (χ4v) is 2.20. The molecule has 0 aromatic heterocycles. The summed E-state index contributed by atoms with van der Waals surface area (Å²) in [5.41, 5.74) is 0. The van der Waals surface area contributed by atoms with Gasteiger partial charge in [0.05, 0.1) is 17.0 Å². The second-order valence-electron chi connectivity index (χ2n) is 5.40. The highest BCUT2D eigenvalue weighted by Crippen LogP contribution is 2.15. The lowest BCUT2D eigenvalue weighted by Crippen LogP contribution is -2.36. The molecular weight excluding hydrogens is 365 g/mol. The summed E-state index contributed by atoms with van der Waals surface area (Å²) < 4.78 is 23.0. The van der Waals surface area contributed by atoms with Crippen LogP contribution >= 0.6 is 24.0 Å². The molecule has 0 amide bonds. The van der Waals surface area contributed by atoms with Crippen molar-refractivity contribution in [1.29, 1.82) is 0 Å². The molecule has 0 rings (SSSR count). The van der Waals surface area contributed by atoms with Crippen LogP contribution in [0.1, 0.15) is 20.8 Å². The number of hydrogen-bond donors (Lipinski definition) is 0. The van der Waals surface area contributed by atoms with E-state index in [1.807, 2.05) is 38.0 Å². The summed E-state index contributed by atoms with van der Waals surface area (Å²) in [6.07, 6.45) is 0. The van der Waals surface area contributed by atoms with Crippen molar-refractivity contribution >= 4 is 39.8 Å². The Balaban J connectivity index is 0. The largest absolute Gasteiger partial charge is 0.349 e. The van der Waals surface area contributed by atoms with Crippen LogP contribution in [-0.2, 0) is 9.84 Å². The number of nitrogens with zero attached hydrogens (tertiary/aromatic N) is 3. The van der Waals surface area contributed by atoms with E-state index in [0.29, 0.717) is 6.54 Å². The van der Waals surface area contributed by atoms with Crippen LogP contribution in [0.5, 0.6) is 0 Å². The summed E-state index contributed by atoms with van der Waals surface area (Å²) in [6, 6.07) is 0. The van der Waals surface area contributed by atoms with Gasteiger partial charge in [0.1, 0.15) is 0 Å². The molecule has 5 nitrogen and oxygen atoms in total. The zero-order valence-electron chi connectivity index (χ0n) is 12.4. The molecule has 0 aromatic carbocycles. The molecule has 0 aliphatic heterocycles. The van der Waals surface area contributed by atoms with Crippen LogP contribution in [0.2, 0.25) is 0 Å². The Morgan fingerprint density at radius 1 is 1.06 bits per heavy atom. The minimum absolute atomic E-state index is 0. The Kier molecular flexibility index (Phi) is 8.47. The normalized spacial score (nSPS) is 11.5. The Labute approximate surface area is 129 Å². The fourth-order valence-electron chi connectivity index (χ4n) is 1.25. The standard InChI is InChI=1S/C11H25N3O2S.HI/c1-11(2,3)17(15,16)9-8-12-10(13(4)5)14(6)7;/h8-9H2,1-7H3;1H. The van der Waals surface area contributed by atoms with Crippen molar-refractivity contribution in [2.45, 2.75) is 25.5 Å². The lowest BCUT2D eigenvalue weighted by molar-refractivity contribution is 0.480. The van der Waals surface area contributed by atoms with Gasteiger partial charge < -0.3 is 9.80 Å². The van der Waals surface area contributed by atoms with Crippen LogP contribution in [0.25, 0.3) is 0 Å². The van der Waals surface area contributed by atoms with Crippen LogP contribution in [-0.4, -0.2) is 69.4 Å². The second kappa shape index (κ2) is 7.52. The van der Waals surface area contributed by atoms with Gasteiger partial charge in [-0.15, -0.1) is 24.0 Å². The van der Waals surface area contributed by atoms with Gasteiger partial charge in [0.2, 0.25) is 0 Å². The van der Waals surface area contributed by atoms with E-state index in [-0.39, 0.29) is 29.7 Å². The van der Waals surface area contributed by atoms with E-state index in [2.05, 4.69) is 4.99 Å². The molecule has 0 spiro atoms. The second-order valence-corrected chi connectivity index (χ2v) is 8.26. The molecule has 0 aliphatic rings. The van der Waals surface area contributed by atoms with Gasteiger partial charge in [-0.25, -0.2) is 8.42 Å². The number of sulfone groups is 1. The quantitative estimate of drug-likeness (QED) is 0.414. The Morgan fingerprint density at radius 3 is 1.72 bits per heavy atom. The number of halogens is 1. The molecule has 0 saturated carbocycles. The minimum Gasteiger partial charge on any atom is -0.349 e. The van der Waals surface area contributed by atoms with Crippen LogP contribution in [0.15, 0.2) is 4.99 Å². The third-order valence-corrected chi connectivity index (χ3v) is 4.93. The molecule has 0 radical (unpaired) electrons. The van der Waals surface area contributed by atoms with Crippen molar-refractivity contribution < 1.29 is 8.42 Å². The van der Waals surface area contributed by atoms with Crippen LogP contribution in [0.4, 0.5) is 0 Å². The molecule has 0 saturated heterocycles. The van der Waals surface area contributed by atoms with Gasteiger partial charge in [0.15, 0.2) is 15.8 Å². The monoisotopic (exact) mass is 391 g/mol. The van der Waals surface area contributed by atoms with Crippen LogP contribution in [0, 0.1) is 0 Å². The molecule has 0 bridgehead atoms. The summed E-state index contributed by atoms with van der Waals surface area (Å²) in [7, 11) is 4.46. The molecule has 0 atom stereocenters. The predicted octanol–water partition coefficient (Wildman–Crippen LogP) is 1.30. The number of hydrogen-bond acceptors (Lipinski definition) is 3. The van der Waals surface area contributed by atoms with E-state index in [1.165, 1.54) is 0 Å². The van der Waals surface area contributed by atoms with E-state index in [4.69, 9.17) is 0 Å². The van der Waals surface area contributed by atoms with E-state index < -0.39 is 14.6 Å². The maximum atomic E-state index is 11.9. The van der Waals surface area contributed by atoms with Gasteiger partial charge in [0.25, 0.3) is 0 Å². The number of aliphatic imine (C=N–C) groups is 1. The molecule has 0 N–H and O–H groups in total. The predicted molar refractivity (Wildman–Crippen MR) is 88.6 cm³/mol. The Hall–Kier alpha value is -0.0500. The SMILES string of the molecule is CN(C)C(=NCCS(=O)(=O)C(C)(C)C)N(C)C.I. The molecule has 0 aromatic rings. The third-order valence-electron chi connectivity index (χ3n) is 2.35. The lowest BCUT2D eigenvalue weighted by atomic mass is 10.3. The van der Waals surface area contributed by atoms with E-state index >= 15 is 0 Å². The third kappa shape index (κ3) is 6.21. The summed E-state index contributed by atoms with van der Waals surface area (Å²) in [4.78, 5) is 8.04. The molecule has 0 fully saturated rings. The van der Waals surface area contributed by atoms with Gasteiger partial charge in [-0.2, -0.15) is 0 Å². The summed E-state index contributed by atoms with van der Waals surface area (Å²) in [6.45, 7) is 5.44. The Bertz CT molecular complexity index is 360. The topological polar surface area (TPSA) is 53.0 Å². The van der Waals surface area contributed by atoms with Crippen molar-refractivity contribution in [2.24, 2.45) is 4.99 Å². The van der Waals surface area contributed by atoms with Gasteiger partial charge in [-0.1, -0.05) is 0 Å². The van der Waals surface area contributed by atoms with Gasteiger partial charge in [0, 0.05) is 28.2 Å². The van der Waals surface area contributed by atoms with E-state index in [9.17, 15) is 8.42 Å². The van der Waals surface area contributed by atoms with E-state index in [0.717, 1.165) is 5.96 Å². The highest BCUT2D eigenvalue weighted by atomic mass is 127. The van der Waals surface area contributed by atoms with Crippen molar-refractivity contribution in [3.8, 4) is 0 Å². The highest BCUT2D eigenvalue weighted by molar-refractivity contribution is 14.0. The zero-order chi connectivity index (χ0) is 13.9. The smallest absolute Gasteiger partial charge is 0.195 e. The van der Waals surface area contributed by atoms with Crippen LogP contribution in [0.3, 0.4) is 0 Å². The average molecular weight is 391 g/mol. The fraction of sp³-hybridized carbons (Fsp3) is 0.909. The first kappa shape index (κ1) is 20.3. The van der Waals surface area contributed by atoms with Gasteiger partial charge >= 0.3 is 0 Å². The minimum atomic E-state index is -3.09. The highest BCUT2D eigenvalue weighted by Gasteiger charge is 2.28. The lowest BCUT2D eigenvalue weighted by Gasteiger charge is -2.23.